The number of thiocarbonyl (C=S) groups is 1. The maximum Gasteiger partial charge on any atom is 0.338 e. The molecular formula is C16H16N2O2S. The fourth-order valence-corrected chi connectivity index (χ4v) is 2.16. The molecule has 0 radical (unpaired) electrons. The zero-order chi connectivity index (χ0) is 15.2. The monoisotopic (exact) mass is 300 g/mol. The van der Waals surface area contributed by atoms with Crippen LogP contribution in [0.15, 0.2) is 42.6 Å². The summed E-state index contributed by atoms with van der Waals surface area (Å²) in [4.78, 5) is 16.4. The lowest BCUT2D eigenvalue weighted by molar-refractivity contribution is 0.0526. The van der Waals surface area contributed by atoms with E-state index in [9.17, 15) is 4.79 Å². The van der Waals surface area contributed by atoms with E-state index in [-0.39, 0.29) is 5.97 Å². The van der Waals surface area contributed by atoms with Crippen LogP contribution in [0.3, 0.4) is 0 Å². The third-order valence-corrected chi connectivity index (χ3v) is 3.23. The normalized spacial score (nSPS) is 10.0. The molecule has 1 aromatic carbocycles. The molecule has 0 amide bonds. The number of esters is 1. The Labute approximate surface area is 129 Å². The Bertz CT molecular complexity index is 654. The summed E-state index contributed by atoms with van der Waals surface area (Å²) in [5.74, 6) is -0.324. The van der Waals surface area contributed by atoms with Crippen LogP contribution < -0.4 is 5.32 Å². The molecular weight excluding hydrogens is 284 g/mol. The van der Waals surface area contributed by atoms with Crippen molar-refractivity contribution in [2.45, 2.75) is 13.8 Å². The lowest BCUT2D eigenvalue weighted by Crippen LogP contribution is -2.13. The summed E-state index contributed by atoms with van der Waals surface area (Å²) < 4.78 is 4.94. The number of anilines is 1. The first-order chi connectivity index (χ1) is 10.1. The van der Waals surface area contributed by atoms with Crippen molar-refractivity contribution in [3.05, 3.63) is 59.4 Å². The number of aromatic nitrogens is 1. The molecule has 2 rings (SSSR count). The molecule has 0 saturated heterocycles. The number of carbonyl (C=O) groups excluding carboxylic acids is 1. The van der Waals surface area contributed by atoms with Crippen LogP contribution in [-0.4, -0.2) is 22.5 Å². The minimum atomic E-state index is -0.324. The number of rotatable bonds is 4. The Morgan fingerprint density at radius 3 is 2.62 bits per heavy atom. The topological polar surface area (TPSA) is 51.2 Å². The molecule has 0 spiro atoms. The lowest BCUT2D eigenvalue weighted by Gasteiger charge is -2.10. The van der Waals surface area contributed by atoms with E-state index in [4.69, 9.17) is 17.0 Å². The largest absolute Gasteiger partial charge is 0.462 e. The Morgan fingerprint density at radius 2 is 2.00 bits per heavy atom. The standard InChI is InChI=1S/C16H16N2O2S/c1-3-20-16(19)12-6-8-13(9-7-12)18-15(21)14-5-4-10-17-11(14)2/h4-10H,3H2,1-2H3,(H,18,21). The predicted molar refractivity (Wildman–Crippen MR) is 86.7 cm³/mol. The van der Waals surface area contributed by atoms with Crippen molar-refractivity contribution in [3.8, 4) is 0 Å². The number of carbonyl (C=O) groups is 1. The second-order valence-electron chi connectivity index (χ2n) is 4.39. The average molecular weight is 300 g/mol. The molecule has 0 aliphatic heterocycles. The van der Waals surface area contributed by atoms with Crippen LogP contribution in [0.2, 0.25) is 0 Å². The second kappa shape index (κ2) is 6.95. The Kier molecular flexibility index (Phi) is 5.00. The number of hydrogen-bond acceptors (Lipinski definition) is 4. The first kappa shape index (κ1) is 15.1. The van der Waals surface area contributed by atoms with Gasteiger partial charge in [-0.25, -0.2) is 4.79 Å². The molecule has 5 heteroatoms. The van der Waals surface area contributed by atoms with Gasteiger partial charge in [0.1, 0.15) is 4.99 Å². The van der Waals surface area contributed by atoms with Crippen molar-refractivity contribution in [2.75, 3.05) is 11.9 Å². The Balaban J connectivity index is 2.09. The fourth-order valence-electron chi connectivity index (χ4n) is 1.83. The highest BCUT2D eigenvalue weighted by atomic mass is 32.1. The quantitative estimate of drug-likeness (QED) is 0.693. The summed E-state index contributed by atoms with van der Waals surface area (Å²) in [6.07, 6.45) is 1.73. The number of hydrogen-bond donors (Lipinski definition) is 1. The van der Waals surface area contributed by atoms with Crippen LogP contribution in [0.25, 0.3) is 0 Å². The minimum Gasteiger partial charge on any atom is -0.462 e. The lowest BCUT2D eigenvalue weighted by atomic mass is 10.2. The highest BCUT2D eigenvalue weighted by Crippen LogP contribution is 2.14. The van der Waals surface area contributed by atoms with Gasteiger partial charge < -0.3 is 10.1 Å². The molecule has 0 aliphatic carbocycles. The van der Waals surface area contributed by atoms with Gasteiger partial charge in [-0.05, 0) is 50.2 Å². The van der Waals surface area contributed by atoms with E-state index in [1.165, 1.54) is 0 Å². The van der Waals surface area contributed by atoms with E-state index in [0.29, 0.717) is 17.2 Å². The molecule has 4 nitrogen and oxygen atoms in total. The van der Waals surface area contributed by atoms with Crippen molar-refractivity contribution >= 4 is 28.9 Å². The molecule has 2 aromatic rings. The van der Waals surface area contributed by atoms with Gasteiger partial charge in [0.05, 0.1) is 12.2 Å². The summed E-state index contributed by atoms with van der Waals surface area (Å²) in [6.45, 7) is 4.05. The first-order valence-corrected chi connectivity index (χ1v) is 7.02. The SMILES string of the molecule is CCOC(=O)c1ccc(NC(=S)c2cccnc2C)cc1. The molecule has 0 unspecified atom stereocenters. The van der Waals surface area contributed by atoms with Crippen molar-refractivity contribution in [2.24, 2.45) is 0 Å². The van der Waals surface area contributed by atoms with E-state index in [1.54, 1.807) is 37.4 Å². The highest BCUT2D eigenvalue weighted by Gasteiger charge is 2.08. The Hall–Kier alpha value is -2.27. The van der Waals surface area contributed by atoms with E-state index < -0.39 is 0 Å². The third kappa shape index (κ3) is 3.86. The van der Waals surface area contributed by atoms with Gasteiger partial charge in [0.15, 0.2) is 0 Å². The van der Waals surface area contributed by atoms with Gasteiger partial charge in [-0.2, -0.15) is 0 Å². The molecule has 0 aliphatic rings. The van der Waals surface area contributed by atoms with Gasteiger partial charge >= 0.3 is 5.97 Å². The van der Waals surface area contributed by atoms with Gasteiger partial charge in [0, 0.05) is 23.1 Å². The highest BCUT2D eigenvalue weighted by molar-refractivity contribution is 7.81. The van der Waals surface area contributed by atoms with E-state index in [2.05, 4.69) is 10.3 Å². The Morgan fingerprint density at radius 1 is 1.29 bits per heavy atom. The average Bonchev–Trinajstić information content (AvgIpc) is 2.48. The van der Waals surface area contributed by atoms with Crippen molar-refractivity contribution < 1.29 is 9.53 Å². The molecule has 1 heterocycles. The summed E-state index contributed by atoms with van der Waals surface area (Å²) >= 11 is 5.37. The number of nitrogens with zero attached hydrogens (tertiary/aromatic N) is 1. The summed E-state index contributed by atoms with van der Waals surface area (Å²) in [5.41, 5.74) is 3.10. The predicted octanol–water partition coefficient (Wildman–Crippen LogP) is 3.35. The van der Waals surface area contributed by atoms with E-state index in [0.717, 1.165) is 16.9 Å². The molecule has 0 atom stereocenters. The first-order valence-electron chi connectivity index (χ1n) is 6.62. The van der Waals surface area contributed by atoms with Gasteiger partial charge in [-0.3, -0.25) is 4.98 Å². The molecule has 0 fully saturated rings. The summed E-state index contributed by atoms with van der Waals surface area (Å²) in [7, 11) is 0. The van der Waals surface area contributed by atoms with Crippen LogP contribution in [-0.2, 0) is 4.74 Å². The number of pyridine rings is 1. The van der Waals surface area contributed by atoms with E-state index in [1.807, 2.05) is 19.1 Å². The zero-order valence-electron chi connectivity index (χ0n) is 11.9. The number of benzene rings is 1. The third-order valence-electron chi connectivity index (χ3n) is 2.91. The summed E-state index contributed by atoms with van der Waals surface area (Å²) in [5, 5.41) is 3.14. The molecule has 1 aromatic heterocycles. The van der Waals surface area contributed by atoms with Crippen LogP contribution >= 0.6 is 12.2 Å². The molecule has 1 N–H and O–H groups in total. The minimum absolute atomic E-state index is 0.324. The van der Waals surface area contributed by atoms with Crippen molar-refractivity contribution in [1.82, 2.24) is 4.98 Å². The van der Waals surface area contributed by atoms with Gasteiger partial charge in [0.25, 0.3) is 0 Å². The van der Waals surface area contributed by atoms with Crippen molar-refractivity contribution in [3.63, 3.8) is 0 Å². The fraction of sp³-hybridized carbons (Fsp3) is 0.188. The molecule has 0 bridgehead atoms. The van der Waals surface area contributed by atoms with Crippen LogP contribution in [0.5, 0.6) is 0 Å². The van der Waals surface area contributed by atoms with Gasteiger partial charge in [-0.15, -0.1) is 0 Å². The maximum absolute atomic E-state index is 11.6. The summed E-state index contributed by atoms with van der Waals surface area (Å²) in [6, 6.07) is 10.8. The molecule has 0 saturated carbocycles. The van der Waals surface area contributed by atoms with Crippen LogP contribution in [0.4, 0.5) is 5.69 Å². The van der Waals surface area contributed by atoms with Crippen LogP contribution in [0, 0.1) is 6.92 Å². The van der Waals surface area contributed by atoms with Gasteiger partial charge in [-0.1, -0.05) is 12.2 Å². The second-order valence-corrected chi connectivity index (χ2v) is 4.80. The number of ether oxygens (including phenoxy) is 1. The number of aryl methyl sites for hydroxylation is 1. The van der Waals surface area contributed by atoms with Crippen molar-refractivity contribution in [1.29, 1.82) is 0 Å². The smallest absolute Gasteiger partial charge is 0.338 e. The van der Waals surface area contributed by atoms with Crippen LogP contribution in [0.1, 0.15) is 28.5 Å². The molecule has 108 valence electrons. The zero-order valence-corrected chi connectivity index (χ0v) is 12.7. The number of nitrogens with one attached hydrogen (secondary N) is 1. The van der Waals surface area contributed by atoms with E-state index >= 15 is 0 Å². The van der Waals surface area contributed by atoms with Gasteiger partial charge in [0.2, 0.25) is 0 Å². The maximum atomic E-state index is 11.6. The molecule has 21 heavy (non-hydrogen) atoms.